The monoisotopic (exact) mass is 366 g/mol. The van der Waals surface area contributed by atoms with Gasteiger partial charge in [-0.15, -0.1) is 6.42 Å². The second-order valence-electron chi connectivity index (χ2n) is 4.85. The molecule has 4 atom stereocenters. The Hall–Kier alpha value is -1.84. The molecule has 1 fully saturated rings. The van der Waals surface area contributed by atoms with Crippen molar-refractivity contribution >= 4 is 7.82 Å². The van der Waals surface area contributed by atoms with Gasteiger partial charge in [0.25, 0.3) is 11.4 Å². The highest BCUT2D eigenvalue weighted by molar-refractivity contribution is 7.46. The van der Waals surface area contributed by atoms with Crippen molar-refractivity contribution in [2.45, 2.75) is 24.3 Å². The number of aromatic nitrogens is 2. The number of rotatable bonds is 4. The first-order valence-electron chi connectivity index (χ1n) is 6.23. The van der Waals surface area contributed by atoms with Crippen molar-refractivity contribution in [1.82, 2.24) is 9.55 Å². The fraction of sp³-hybridized carbons (Fsp3) is 0.455. The molecule has 0 unspecified atom stereocenters. The van der Waals surface area contributed by atoms with Crippen molar-refractivity contribution in [3.63, 3.8) is 0 Å². The lowest BCUT2D eigenvalue weighted by atomic mass is 10.1. The van der Waals surface area contributed by atoms with Crippen LogP contribution in [0.2, 0.25) is 0 Å². The van der Waals surface area contributed by atoms with E-state index in [0.717, 1.165) is 6.20 Å². The summed E-state index contributed by atoms with van der Waals surface area (Å²) in [6.07, 6.45) is -0.295. The van der Waals surface area contributed by atoms with Gasteiger partial charge in [0.15, 0.2) is 6.23 Å². The second-order valence-corrected chi connectivity index (χ2v) is 6.09. The highest BCUT2D eigenvalue weighted by Gasteiger charge is 2.57. The number of halogens is 1. The van der Waals surface area contributed by atoms with Crippen LogP contribution < -0.4 is 11.2 Å². The summed E-state index contributed by atoms with van der Waals surface area (Å²) in [7, 11) is -5.08. The van der Waals surface area contributed by atoms with Gasteiger partial charge in [-0.2, -0.15) is 0 Å². The van der Waals surface area contributed by atoms with Gasteiger partial charge in [0.1, 0.15) is 24.4 Å². The molecule has 1 aromatic heterocycles. The number of aliphatic hydroxyl groups excluding tert-OH is 2. The Balaban J connectivity index is 2.37. The number of nitrogens with one attached hydrogen (secondary N) is 1. The molecule has 0 aliphatic carbocycles. The van der Waals surface area contributed by atoms with Crippen molar-refractivity contribution in [3.8, 4) is 12.3 Å². The molecular formula is C11H12FN2O9P. The van der Waals surface area contributed by atoms with E-state index < -0.39 is 50.0 Å². The van der Waals surface area contributed by atoms with Gasteiger partial charge < -0.3 is 24.7 Å². The molecule has 2 heterocycles. The number of phosphoric ester groups is 1. The Labute approximate surface area is 132 Å². The molecule has 0 bridgehead atoms. The third-order valence-corrected chi connectivity index (χ3v) is 3.67. The van der Waals surface area contributed by atoms with Gasteiger partial charge in [-0.25, -0.2) is 13.8 Å². The van der Waals surface area contributed by atoms with Gasteiger partial charge in [0, 0.05) is 6.20 Å². The first-order valence-corrected chi connectivity index (χ1v) is 7.76. The summed E-state index contributed by atoms with van der Waals surface area (Å²) < 4.78 is 34.3. The predicted octanol–water partition coefficient (Wildman–Crippen LogP) is -2.46. The number of nitrogens with zero attached hydrogens (tertiary/aromatic N) is 1. The smallest absolute Gasteiger partial charge is 0.385 e. The van der Waals surface area contributed by atoms with Gasteiger partial charge in [-0.1, -0.05) is 5.92 Å². The van der Waals surface area contributed by atoms with Crippen LogP contribution >= 0.6 is 7.82 Å². The van der Waals surface area contributed by atoms with Crippen molar-refractivity contribution < 1.29 is 38.2 Å². The maximum Gasteiger partial charge on any atom is 0.469 e. The van der Waals surface area contributed by atoms with E-state index in [1.54, 1.807) is 0 Å². The number of hydrogen-bond donors (Lipinski definition) is 5. The van der Waals surface area contributed by atoms with Crippen LogP contribution in [0.1, 0.15) is 11.8 Å². The standard InChI is InChI=1S/C11H12FN2O9P/c1-2-5-3-14(10(18)13-8(5)17)9-6(15)7(16)11(12,23-9)4-22-24(19,20)21/h1,3,6-7,9,15-16H,4H2,(H,13,17,18)(H2,19,20,21)/t6-,7+,9-,11-/m1/s1. The Bertz CT molecular complexity index is 839. The zero-order valence-corrected chi connectivity index (χ0v) is 12.6. The molecule has 0 aromatic carbocycles. The molecule has 2 rings (SSSR count). The summed E-state index contributed by atoms with van der Waals surface area (Å²) in [6.45, 7) is -1.42. The summed E-state index contributed by atoms with van der Waals surface area (Å²) in [4.78, 5) is 42.1. The van der Waals surface area contributed by atoms with E-state index in [-0.39, 0.29) is 5.56 Å². The number of aliphatic hydroxyl groups is 2. The third kappa shape index (κ3) is 3.47. The van der Waals surface area contributed by atoms with Crippen molar-refractivity contribution in [2.24, 2.45) is 0 Å². The first kappa shape index (κ1) is 18.5. The quantitative estimate of drug-likeness (QED) is 0.286. The lowest BCUT2D eigenvalue weighted by molar-refractivity contribution is -0.205. The molecule has 1 aromatic rings. The molecule has 1 aliphatic rings. The largest absolute Gasteiger partial charge is 0.469 e. The minimum atomic E-state index is -5.08. The molecule has 1 saturated heterocycles. The number of ether oxygens (including phenoxy) is 1. The Morgan fingerprint density at radius 3 is 2.67 bits per heavy atom. The topological polar surface area (TPSA) is 171 Å². The Morgan fingerprint density at radius 2 is 2.12 bits per heavy atom. The highest BCUT2D eigenvalue weighted by Crippen LogP contribution is 2.43. The van der Waals surface area contributed by atoms with E-state index in [4.69, 9.17) is 20.9 Å². The highest BCUT2D eigenvalue weighted by atomic mass is 31.2. The van der Waals surface area contributed by atoms with E-state index in [9.17, 15) is 28.8 Å². The minimum Gasteiger partial charge on any atom is -0.385 e. The maximum absolute atomic E-state index is 14.5. The minimum absolute atomic E-state index is 0.331. The Morgan fingerprint density at radius 1 is 1.50 bits per heavy atom. The summed E-state index contributed by atoms with van der Waals surface area (Å²) >= 11 is 0. The van der Waals surface area contributed by atoms with E-state index in [0.29, 0.717) is 4.57 Å². The number of alkyl halides is 1. The van der Waals surface area contributed by atoms with Crippen LogP contribution in [-0.4, -0.2) is 54.2 Å². The lowest BCUT2D eigenvalue weighted by Crippen LogP contribution is -2.43. The van der Waals surface area contributed by atoms with E-state index in [2.05, 4.69) is 4.52 Å². The number of phosphoric acid groups is 1. The molecule has 0 saturated carbocycles. The third-order valence-electron chi connectivity index (χ3n) is 3.20. The number of terminal acetylenes is 1. The maximum atomic E-state index is 14.5. The van der Waals surface area contributed by atoms with Crippen LogP contribution in [0.25, 0.3) is 0 Å². The summed E-state index contributed by atoms with van der Waals surface area (Å²) in [6, 6.07) is 0. The fourth-order valence-corrected chi connectivity index (χ4v) is 2.39. The van der Waals surface area contributed by atoms with E-state index in [1.165, 1.54) is 0 Å². The molecule has 13 heteroatoms. The molecule has 0 spiro atoms. The molecule has 24 heavy (non-hydrogen) atoms. The van der Waals surface area contributed by atoms with Gasteiger partial charge in [0.2, 0.25) is 0 Å². The molecule has 0 amide bonds. The molecule has 1 aliphatic heterocycles. The van der Waals surface area contributed by atoms with Crippen molar-refractivity contribution in [3.05, 3.63) is 32.6 Å². The van der Waals surface area contributed by atoms with Crippen LogP contribution in [-0.2, 0) is 13.8 Å². The van der Waals surface area contributed by atoms with Gasteiger partial charge in [-0.3, -0.25) is 18.9 Å². The SMILES string of the molecule is C#Cc1cn([C@@H]2O[C@](F)(COP(=O)(O)O)[C@@H](O)[C@H]2O)c(=O)[nH]c1=O. The van der Waals surface area contributed by atoms with E-state index in [1.807, 2.05) is 10.9 Å². The first-order chi connectivity index (χ1) is 11.0. The van der Waals surface area contributed by atoms with E-state index >= 15 is 0 Å². The van der Waals surface area contributed by atoms with Gasteiger partial charge >= 0.3 is 13.5 Å². The average molecular weight is 366 g/mol. The normalized spacial score (nSPS) is 30.2. The number of aromatic amines is 1. The lowest BCUT2D eigenvalue weighted by Gasteiger charge is -2.22. The zero-order valence-electron chi connectivity index (χ0n) is 11.7. The van der Waals surface area contributed by atoms with Gasteiger partial charge in [0.05, 0.1) is 0 Å². The summed E-state index contributed by atoms with van der Waals surface area (Å²) in [5.41, 5.74) is -2.35. The number of hydrogen-bond acceptors (Lipinski definition) is 7. The molecule has 11 nitrogen and oxygen atoms in total. The number of H-pyrrole nitrogens is 1. The predicted molar refractivity (Wildman–Crippen MR) is 73.2 cm³/mol. The second kappa shape index (κ2) is 6.23. The Kier molecular flexibility index (Phi) is 4.80. The van der Waals surface area contributed by atoms with Gasteiger partial charge in [-0.05, 0) is 0 Å². The molecule has 132 valence electrons. The zero-order chi connectivity index (χ0) is 18.3. The molecular weight excluding hydrogens is 354 g/mol. The molecule has 5 N–H and O–H groups in total. The molecule has 0 radical (unpaired) electrons. The fourth-order valence-electron chi connectivity index (χ4n) is 2.04. The van der Waals surface area contributed by atoms with Crippen molar-refractivity contribution in [2.75, 3.05) is 6.61 Å². The summed E-state index contributed by atoms with van der Waals surface area (Å²) in [5, 5.41) is 19.6. The van der Waals surface area contributed by atoms with Crippen LogP contribution in [0, 0.1) is 12.3 Å². The van der Waals surface area contributed by atoms with Crippen LogP contribution in [0.4, 0.5) is 4.39 Å². The summed E-state index contributed by atoms with van der Waals surface area (Å²) in [5.74, 6) is -1.27. The van der Waals surface area contributed by atoms with Crippen LogP contribution in [0.5, 0.6) is 0 Å². The average Bonchev–Trinajstić information content (AvgIpc) is 2.70. The van der Waals surface area contributed by atoms with Crippen molar-refractivity contribution in [1.29, 1.82) is 0 Å². The van der Waals surface area contributed by atoms with Crippen LogP contribution in [0.15, 0.2) is 15.8 Å². The van der Waals surface area contributed by atoms with Crippen LogP contribution in [0.3, 0.4) is 0 Å².